The molecule has 2 aliphatic heterocycles. The number of carbonyl (C=O) groups excluding carboxylic acids is 1. The number of amides is 1. The van der Waals surface area contributed by atoms with Gasteiger partial charge in [-0.2, -0.15) is 0 Å². The quantitative estimate of drug-likeness (QED) is 0.752. The van der Waals surface area contributed by atoms with Gasteiger partial charge >= 0.3 is 0 Å². The largest absolute Gasteiger partial charge is 0.486 e. The van der Waals surface area contributed by atoms with Crippen molar-refractivity contribution in [2.75, 3.05) is 26.0 Å². The number of benzene rings is 1. The minimum absolute atomic E-state index is 0.0678. The Morgan fingerprint density at radius 2 is 2.23 bits per heavy atom. The Bertz CT molecular complexity index is 767. The average molecular weight is 379 g/mol. The normalized spacial score (nSPS) is 33.2. The Balaban J connectivity index is 1.46. The number of ether oxygens (including phenoxy) is 1. The lowest BCUT2D eigenvalue weighted by Gasteiger charge is -2.40. The molecule has 3 aliphatic rings. The van der Waals surface area contributed by atoms with Crippen molar-refractivity contribution in [1.82, 2.24) is 4.90 Å². The van der Waals surface area contributed by atoms with E-state index in [1.54, 1.807) is 4.90 Å². The molecule has 1 aromatic rings. The molecule has 2 fully saturated rings. The molecule has 4 unspecified atom stereocenters. The standard InChI is InChI=1S/C18H25N3O4S/c1-10-14-9-26(2,20-24)17-5-13(17)12(14)3-4-16(10)25-11-6-21(7-11)18(23)15(19)8-22/h3-4,11,13,15,17,22H,5-9,19H2,1-2H3. The van der Waals surface area contributed by atoms with Gasteiger partial charge in [0.15, 0.2) is 0 Å². The summed E-state index contributed by atoms with van der Waals surface area (Å²) >= 11 is 0. The number of hydrogen-bond donors (Lipinski definition) is 2. The van der Waals surface area contributed by atoms with Gasteiger partial charge in [-0.3, -0.25) is 4.79 Å². The van der Waals surface area contributed by atoms with E-state index in [0.29, 0.717) is 24.3 Å². The highest BCUT2D eigenvalue weighted by atomic mass is 32.3. The number of fused-ring (bicyclic) bond motifs is 3. The molecule has 0 spiro atoms. The molecule has 7 nitrogen and oxygen atoms in total. The highest BCUT2D eigenvalue weighted by molar-refractivity contribution is 8.32. The van der Waals surface area contributed by atoms with E-state index in [4.69, 9.17) is 15.6 Å². The van der Waals surface area contributed by atoms with Gasteiger partial charge in [0.2, 0.25) is 5.91 Å². The lowest BCUT2D eigenvalue weighted by atomic mass is 9.98. The minimum Gasteiger partial charge on any atom is -0.486 e. The summed E-state index contributed by atoms with van der Waals surface area (Å²) in [5.41, 5.74) is 9.24. The zero-order valence-electron chi connectivity index (χ0n) is 15.1. The van der Waals surface area contributed by atoms with Crippen LogP contribution >= 0.6 is 10.2 Å². The third kappa shape index (κ3) is 2.71. The van der Waals surface area contributed by atoms with Crippen LogP contribution in [-0.4, -0.2) is 59.3 Å². The van der Waals surface area contributed by atoms with Gasteiger partial charge in [0, 0.05) is 11.0 Å². The first-order chi connectivity index (χ1) is 12.4. The smallest absolute Gasteiger partial charge is 0.242 e. The molecule has 4 atom stereocenters. The molecule has 4 rings (SSSR count). The molecular formula is C18H25N3O4S. The lowest BCUT2D eigenvalue weighted by molar-refractivity contribution is -0.142. The summed E-state index contributed by atoms with van der Waals surface area (Å²) in [5.74, 6) is 1.81. The molecule has 0 bridgehead atoms. The van der Waals surface area contributed by atoms with E-state index in [1.165, 1.54) is 11.1 Å². The van der Waals surface area contributed by atoms with Crippen molar-refractivity contribution in [3.8, 4) is 5.75 Å². The molecule has 1 saturated heterocycles. The molecule has 3 N–H and O–H groups in total. The summed E-state index contributed by atoms with van der Waals surface area (Å²) < 4.78 is 9.62. The van der Waals surface area contributed by atoms with Gasteiger partial charge in [-0.05, 0) is 52.9 Å². The summed E-state index contributed by atoms with van der Waals surface area (Å²) in [4.78, 5) is 24.9. The van der Waals surface area contributed by atoms with Crippen LogP contribution in [0, 0.1) is 11.8 Å². The number of aliphatic hydroxyl groups is 1. The molecule has 26 heavy (non-hydrogen) atoms. The number of likely N-dealkylation sites (tertiary alicyclic amines) is 1. The second-order valence-electron chi connectivity index (χ2n) is 7.74. The van der Waals surface area contributed by atoms with Crippen molar-refractivity contribution >= 4 is 16.1 Å². The van der Waals surface area contributed by atoms with E-state index in [1.807, 2.05) is 19.2 Å². The van der Waals surface area contributed by atoms with E-state index in [9.17, 15) is 9.70 Å². The van der Waals surface area contributed by atoms with Crippen LogP contribution in [0.5, 0.6) is 5.75 Å². The predicted molar refractivity (Wildman–Crippen MR) is 101 cm³/mol. The zero-order valence-corrected chi connectivity index (χ0v) is 15.9. The van der Waals surface area contributed by atoms with E-state index < -0.39 is 16.3 Å². The van der Waals surface area contributed by atoms with Gasteiger partial charge in [-0.15, -0.1) is 15.1 Å². The first-order valence-electron chi connectivity index (χ1n) is 8.91. The van der Waals surface area contributed by atoms with Crippen LogP contribution in [0.4, 0.5) is 0 Å². The second kappa shape index (κ2) is 6.21. The summed E-state index contributed by atoms with van der Waals surface area (Å²) in [6.07, 6.45) is 3.05. The lowest BCUT2D eigenvalue weighted by Crippen LogP contribution is -2.60. The Morgan fingerprint density at radius 3 is 2.88 bits per heavy atom. The van der Waals surface area contributed by atoms with Gasteiger partial charge in [-0.1, -0.05) is 6.07 Å². The molecular weight excluding hydrogens is 354 g/mol. The summed E-state index contributed by atoms with van der Waals surface area (Å²) in [6, 6.07) is 3.29. The maximum Gasteiger partial charge on any atom is 0.242 e. The van der Waals surface area contributed by atoms with Crippen LogP contribution in [0.1, 0.15) is 29.0 Å². The van der Waals surface area contributed by atoms with Gasteiger partial charge < -0.3 is 20.5 Å². The highest BCUT2D eigenvalue weighted by Gasteiger charge is 2.54. The van der Waals surface area contributed by atoms with E-state index in [2.05, 4.69) is 10.6 Å². The van der Waals surface area contributed by atoms with Crippen molar-refractivity contribution < 1.29 is 14.6 Å². The Morgan fingerprint density at radius 1 is 1.50 bits per heavy atom. The molecule has 1 aliphatic carbocycles. The predicted octanol–water partition coefficient (Wildman–Crippen LogP) is 1.39. The minimum atomic E-state index is -1.46. The molecule has 1 amide bonds. The summed E-state index contributed by atoms with van der Waals surface area (Å²) in [5, 5.41) is 9.44. The van der Waals surface area contributed by atoms with Gasteiger partial charge in [0.25, 0.3) is 0 Å². The van der Waals surface area contributed by atoms with Crippen molar-refractivity contribution in [2.45, 2.75) is 42.4 Å². The maximum atomic E-state index is 11.9. The fraction of sp³-hybridized carbons (Fsp3) is 0.611. The zero-order chi connectivity index (χ0) is 18.6. The third-order valence-electron chi connectivity index (χ3n) is 5.94. The van der Waals surface area contributed by atoms with Crippen LogP contribution in [0.3, 0.4) is 0 Å². The molecule has 8 heteroatoms. The number of rotatable bonds is 5. The second-order valence-corrected chi connectivity index (χ2v) is 11.0. The van der Waals surface area contributed by atoms with Crippen LogP contribution in [0.25, 0.3) is 0 Å². The van der Waals surface area contributed by atoms with Crippen molar-refractivity contribution in [1.29, 1.82) is 0 Å². The number of nitroso groups, excluding NO2 is 1. The van der Waals surface area contributed by atoms with Gasteiger partial charge in [0.1, 0.15) is 17.9 Å². The number of nitrogens with two attached hydrogens (primary N) is 1. The number of hydrogen-bond acceptors (Lipinski definition) is 6. The van der Waals surface area contributed by atoms with Gasteiger partial charge in [-0.25, -0.2) is 0 Å². The average Bonchev–Trinajstić information content (AvgIpc) is 3.41. The highest BCUT2D eigenvalue weighted by Crippen LogP contribution is 2.72. The molecule has 0 radical (unpaired) electrons. The SMILES string of the molecule is Cc1c(OC2CN(C(=O)C(N)CO)C2)ccc2c1CS(C)(N=O)C1CC21. The maximum absolute atomic E-state index is 11.9. The monoisotopic (exact) mass is 379 g/mol. The van der Waals surface area contributed by atoms with Gasteiger partial charge in [0.05, 0.1) is 19.7 Å². The summed E-state index contributed by atoms with van der Waals surface area (Å²) in [7, 11) is -1.46. The Hall–Kier alpha value is -1.64. The fourth-order valence-corrected chi connectivity index (χ4v) is 6.97. The molecule has 0 aromatic heterocycles. The third-order valence-corrected chi connectivity index (χ3v) is 8.98. The van der Waals surface area contributed by atoms with Crippen molar-refractivity contribution in [3.05, 3.63) is 33.7 Å². The first-order valence-corrected chi connectivity index (χ1v) is 11.1. The molecule has 142 valence electrons. The van der Waals surface area contributed by atoms with Crippen LogP contribution in [-0.2, 0) is 10.5 Å². The van der Waals surface area contributed by atoms with Crippen molar-refractivity contribution in [2.24, 2.45) is 10.3 Å². The number of nitrogens with zero attached hydrogens (tertiary/aromatic N) is 2. The van der Waals surface area contributed by atoms with Crippen molar-refractivity contribution in [3.63, 3.8) is 0 Å². The molecule has 1 saturated carbocycles. The number of aliphatic hydroxyl groups excluding tert-OH is 1. The van der Waals surface area contributed by atoms with Crippen LogP contribution in [0.2, 0.25) is 0 Å². The Kier molecular flexibility index (Phi) is 4.24. The van der Waals surface area contributed by atoms with E-state index >= 15 is 0 Å². The van der Waals surface area contributed by atoms with E-state index in [0.717, 1.165) is 23.5 Å². The fourth-order valence-electron chi connectivity index (χ4n) is 4.15. The molecule has 2 heterocycles. The van der Waals surface area contributed by atoms with Crippen LogP contribution in [0.15, 0.2) is 16.7 Å². The summed E-state index contributed by atoms with van der Waals surface area (Å²) in [6.45, 7) is 2.66. The first kappa shape index (κ1) is 17.8. The molecule has 1 aromatic carbocycles. The Labute approximate surface area is 154 Å². The number of carbonyl (C=O) groups is 1. The topological polar surface area (TPSA) is 105 Å². The van der Waals surface area contributed by atoms with E-state index in [-0.39, 0.29) is 18.6 Å². The van der Waals surface area contributed by atoms with Crippen LogP contribution < -0.4 is 10.5 Å².